The summed E-state index contributed by atoms with van der Waals surface area (Å²) in [5.74, 6) is 1.54. The molecule has 0 spiro atoms. The van der Waals surface area contributed by atoms with Gasteiger partial charge in [-0.05, 0) is 53.0 Å². The number of fused-ring (bicyclic) bond motifs is 2. The van der Waals surface area contributed by atoms with Crippen molar-refractivity contribution in [1.82, 2.24) is 0 Å². The Labute approximate surface area is 161 Å². The molecule has 0 aromatic heterocycles. The molecule has 3 rings (SSSR count). The summed E-state index contributed by atoms with van der Waals surface area (Å²) >= 11 is 0. The predicted molar refractivity (Wildman–Crippen MR) is 114 cm³/mol. The van der Waals surface area contributed by atoms with Crippen molar-refractivity contribution in [3.63, 3.8) is 0 Å². The van der Waals surface area contributed by atoms with Crippen molar-refractivity contribution in [1.29, 1.82) is 0 Å². The van der Waals surface area contributed by atoms with Crippen molar-refractivity contribution in [2.45, 2.75) is 84.5 Å². The molecule has 0 saturated carbocycles. The molecule has 2 aromatic carbocycles. The minimum Gasteiger partial charge on any atom is -0.0654 e. The average molecular weight is 349 g/mol. The van der Waals surface area contributed by atoms with Crippen molar-refractivity contribution < 1.29 is 0 Å². The maximum atomic E-state index is 2.51. The molecular formula is C26H36. The van der Waals surface area contributed by atoms with Crippen LogP contribution in [0, 0.1) is 5.92 Å². The second-order valence-electron chi connectivity index (χ2n) is 8.19. The van der Waals surface area contributed by atoms with E-state index in [4.69, 9.17) is 0 Å². The van der Waals surface area contributed by atoms with Crippen LogP contribution in [-0.2, 0) is 12.8 Å². The van der Waals surface area contributed by atoms with E-state index in [9.17, 15) is 0 Å². The van der Waals surface area contributed by atoms with Gasteiger partial charge in [0.1, 0.15) is 0 Å². The first kappa shape index (κ1) is 19.2. The van der Waals surface area contributed by atoms with Gasteiger partial charge >= 0.3 is 0 Å². The van der Waals surface area contributed by atoms with Crippen LogP contribution in [-0.4, -0.2) is 0 Å². The van der Waals surface area contributed by atoms with Crippen LogP contribution in [0.3, 0.4) is 0 Å². The molecule has 0 saturated heterocycles. The van der Waals surface area contributed by atoms with Crippen LogP contribution in [0.2, 0.25) is 0 Å². The lowest BCUT2D eigenvalue weighted by atomic mass is 9.75. The normalized spacial score (nSPS) is 15.8. The molecule has 26 heavy (non-hydrogen) atoms. The van der Waals surface area contributed by atoms with Crippen LogP contribution >= 0.6 is 0 Å². The molecule has 1 unspecified atom stereocenters. The number of aryl methyl sites for hydroxylation is 1. The Morgan fingerprint density at radius 1 is 0.846 bits per heavy atom. The summed E-state index contributed by atoms with van der Waals surface area (Å²) < 4.78 is 0. The van der Waals surface area contributed by atoms with Crippen molar-refractivity contribution in [3.8, 4) is 0 Å². The lowest BCUT2D eigenvalue weighted by Crippen LogP contribution is -2.15. The van der Waals surface area contributed by atoms with Crippen LogP contribution < -0.4 is 0 Å². The minimum absolute atomic E-state index is 0.602. The zero-order valence-corrected chi connectivity index (χ0v) is 17.1. The fraction of sp³-hybridized carbons (Fsp3) is 0.538. The standard InChI is InChI=1S/C26H36/c1-4-10-21(11-5-2)12-9-15-25-24-14-8-7-13-22(24)19-23-17-16-20(6-3)18-26(23)25/h7-8,13-14,16-18,21,25H,4-6,9-12,15,19H2,1-3H3. The Morgan fingerprint density at radius 2 is 1.58 bits per heavy atom. The molecule has 0 heterocycles. The molecule has 2 aromatic rings. The summed E-state index contributed by atoms with van der Waals surface area (Å²) in [6, 6.07) is 16.4. The summed E-state index contributed by atoms with van der Waals surface area (Å²) in [6.07, 6.45) is 11.8. The van der Waals surface area contributed by atoms with E-state index in [1.807, 2.05) is 0 Å². The van der Waals surface area contributed by atoms with E-state index in [1.165, 1.54) is 50.5 Å². The van der Waals surface area contributed by atoms with Gasteiger partial charge in [-0.15, -0.1) is 0 Å². The third-order valence-electron chi connectivity index (χ3n) is 6.30. The highest BCUT2D eigenvalue weighted by Crippen LogP contribution is 2.40. The lowest BCUT2D eigenvalue weighted by Gasteiger charge is -2.29. The molecule has 0 bridgehead atoms. The molecule has 140 valence electrons. The molecule has 0 heteroatoms. The lowest BCUT2D eigenvalue weighted by molar-refractivity contribution is 0.390. The van der Waals surface area contributed by atoms with Crippen molar-refractivity contribution in [2.75, 3.05) is 0 Å². The average Bonchev–Trinajstić information content (AvgIpc) is 2.67. The molecule has 0 N–H and O–H groups in total. The third-order valence-corrected chi connectivity index (χ3v) is 6.30. The minimum atomic E-state index is 0.602. The number of hydrogen-bond acceptors (Lipinski definition) is 0. The molecule has 1 atom stereocenters. The summed E-state index contributed by atoms with van der Waals surface area (Å²) in [6.45, 7) is 6.94. The largest absolute Gasteiger partial charge is 0.0654 e. The fourth-order valence-corrected chi connectivity index (χ4v) is 4.93. The molecule has 0 nitrogen and oxygen atoms in total. The van der Waals surface area contributed by atoms with Gasteiger partial charge in [0, 0.05) is 5.92 Å². The summed E-state index contributed by atoms with van der Waals surface area (Å²) in [5, 5.41) is 0. The quantitative estimate of drug-likeness (QED) is 0.436. The first-order chi connectivity index (χ1) is 12.8. The number of hydrogen-bond donors (Lipinski definition) is 0. The van der Waals surface area contributed by atoms with Gasteiger partial charge in [0.15, 0.2) is 0 Å². The highest BCUT2D eigenvalue weighted by Gasteiger charge is 2.25. The van der Waals surface area contributed by atoms with Crippen LogP contribution in [0.25, 0.3) is 0 Å². The molecule has 0 radical (unpaired) electrons. The Balaban J connectivity index is 1.79. The van der Waals surface area contributed by atoms with Gasteiger partial charge < -0.3 is 0 Å². The first-order valence-corrected chi connectivity index (χ1v) is 11.0. The summed E-state index contributed by atoms with van der Waals surface area (Å²) in [5.41, 5.74) is 7.81. The van der Waals surface area contributed by atoms with Crippen LogP contribution in [0.15, 0.2) is 42.5 Å². The number of rotatable bonds is 9. The SMILES string of the molecule is CCCC(CCC)CCCC1c2ccccc2Cc2ccc(CC)cc21. The van der Waals surface area contributed by atoms with E-state index in [2.05, 4.69) is 63.2 Å². The molecule has 0 fully saturated rings. The van der Waals surface area contributed by atoms with Crippen LogP contribution in [0.1, 0.15) is 99.5 Å². The second-order valence-corrected chi connectivity index (χ2v) is 8.19. The highest BCUT2D eigenvalue weighted by atomic mass is 14.3. The van der Waals surface area contributed by atoms with Gasteiger partial charge in [-0.25, -0.2) is 0 Å². The van der Waals surface area contributed by atoms with Gasteiger partial charge in [-0.3, -0.25) is 0 Å². The predicted octanol–water partition coefficient (Wildman–Crippen LogP) is 7.67. The van der Waals surface area contributed by atoms with E-state index in [1.54, 1.807) is 22.3 Å². The highest BCUT2D eigenvalue weighted by molar-refractivity contribution is 5.50. The van der Waals surface area contributed by atoms with E-state index < -0.39 is 0 Å². The van der Waals surface area contributed by atoms with Crippen molar-refractivity contribution in [2.24, 2.45) is 5.92 Å². The maximum Gasteiger partial charge on any atom is 0.00951 e. The van der Waals surface area contributed by atoms with Gasteiger partial charge in [0.25, 0.3) is 0 Å². The topological polar surface area (TPSA) is 0 Å². The zero-order valence-electron chi connectivity index (χ0n) is 17.1. The monoisotopic (exact) mass is 348 g/mol. The third kappa shape index (κ3) is 4.40. The zero-order chi connectivity index (χ0) is 18.4. The summed E-state index contributed by atoms with van der Waals surface area (Å²) in [4.78, 5) is 0. The van der Waals surface area contributed by atoms with Gasteiger partial charge in [-0.1, -0.05) is 102 Å². The second kappa shape index (κ2) is 9.40. The van der Waals surface area contributed by atoms with Crippen molar-refractivity contribution >= 4 is 0 Å². The molecule has 0 aliphatic heterocycles. The maximum absolute atomic E-state index is 2.51. The van der Waals surface area contributed by atoms with Gasteiger partial charge in [0.05, 0.1) is 0 Å². The van der Waals surface area contributed by atoms with E-state index in [-0.39, 0.29) is 0 Å². The first-order valence-electron chi connectivity index (χ1n) is 11.0. The van der Waals surface area contributed by atoms with E-state index >= 15 is 0 Å². The Bertz CT molecular complexity index is 691. The van der Waals surface area contributed by atoms with E-state index in [0.717, 1.165) is 18.8 Å². The number of benzene rings is 2. The Kier molecular flexibility index (Phi) is 6.94. The molecule has 0 amide bonds. The Morgan fingerprint density at radius 3 is 2.31 bits per heavy atom. The Hall–Kier alpha value is -1.56. The van der Waals surface area contributed by atoms with Gasteiger partial charge in [-0.2, -0.15) is 0 Å². The molecule has 1 aliphatic rings. The van der Waals surface area contributed by atoms with E-state index in [0.29, 0.717) is 5.92 Å². The van der Waals surface area contributed by atoms with Gasteiger partial charge in [0.2, 0.25) is 0 Å². The van der Waals surface area contributed by atoms with Crippen LogP contribution in [0.4, 0.5) is 0 Å². The molecule has 1 aliphatic carbocycles. The van der Waals surface area contributed by atoms with Crippen molar-refractivity contribution in [3.05, 3.63) is 70.3 Å². The fourth-order valence-electron chi connectivity index (χ4n) is 4.93. The smallest absolute Gasteiger partial charge is 0.00951 e. The van der Waals surface area contributed by atoms with Crippen LogP contribution in [0.5, 0.6) is 0 Å². The molecular weight excluding hydrogens is 312 g/mol. The summed E-state index contributed by atoms with van der Waals surface area (Å²) in [7, 11) is 0.